The number of anilines is 1. The van der Waals surface area contributed by atoms with E-state index in [0.29, 0.717) is 27.0 Å². The Morgan fingerprint density at radius 2 is 1.96 bits per heavy atom. The summed E-state index contributed by atoms with van der Waals surface area (Å²) in [5.41, 5.74) is 0.554. The number of carbonyl (C=O) groups is 3. The third-order valence-corrected chi connectivity index (χ3v) is 4.57. The van der Waals surface area contributed by atoms with Gasteiger partial charge in [0.25, 0.3) is 5.91 Å². The molecule has 0 saturated carbocycles. The van der Waals surface area contributed by atoms with Gasteiger partial charge in [-0.05, 0) is 40.2 Å². The molecule has 0 aliphatic heterocycles. The molecular weight excluding hydrogens is 452 g/mol. The first-order valence-electron chi connectivity index (χ1n) is 8.03. The lowest BCUT2D eigenvalue weighted by Crippen LogP contribution is -2.32. The van der Waals surface area contributed by atoms with Crippen LogP contribution in [-0.4, -0.2) is 29.3 Å². The second-order valence-electron chi connectivity index (χ2n) is 5.55. The van der Waals surface area contributed by atoms with Crippen LogP contribution in [0.1, 0.15) is 23.2 Å². The van der Waals surface area contributed by atoms with E-state index in [1.54, 1.807) is 23.6 Å². The molecule has 0 spiro atoms. The average molecular weight is 467 g/mol. The summed E-state index contributed by atoms with van der Waals surface area (Å²) in [6, 6.07) is 6.56. The quantitative estimate of drug-likeness (QED) is 0.491. The van der Waals surface area contributed by atoms with E-state index in [0.717, 1.165) is 0 Å². The Labute approximate surface area is 171 Å². The molecule has 0 aliphatic rings. The maximum absolute atomic E-state index is 12.0. The molecule has 11 heteroatoms. The van der Waals surface area contributed by atoms with Gasteiger partial charge in [-0.2, -0.15) is 0 Å². The van der Waals surface area contributed by atoms with Gasteiger partial charge in [-0.15, -0.1) is 11.3 Å². The molecule has 3 amide bonds. The molecule has 3 aromatic heterocycles. The number of halogens is 1. The van der Waals surface area contributed by atoms with Crippen LogP contribution >= 0.6 is 27.3 Å². The predicted octanol–water partition coefficient (Wildman–Crippen LogP) is 2.76. The van der Waals surface area contributed by atoms with Crippen molar-refractivity contribution < 1.29 is 23.2 Å². The van der Waals surface area contributed by atoms with Crippen LogP contribution in [0.25, 0.3) is 11.5 Å². The third-order valence-electron chi connectivity index (χ3n) is 3.38. The molecule has 3 N–H and O–H groups in total. The molecule has 9 nitrogen and oxygen atoms in total. The standard InChI is InChI=1S/C17H15BrN4O5S/c1-9(23)19-6-10-2-3-12(26-10)11-8-28-17(21-11)22-15(24)7-20-16(25)13-4-5-14(18)27-13/h2-5,8H,6-7H2,1H3,(H,19,23)(H,20,25)(H,21,22,24). The largest absolute Gasteiger partial charge is 0.458 e. The highest BCUT2D eigenvalue weighted by Gasteiger charge is 2.14. The van der Waals surface area contributed by atoms with Gasteiger partial charge >= 0.3 is 0 Å². The molecular formula is C17H15BrN4O5S. The lowest BCUT2D eigenvalue weighted by molar-refractivity contribution is -0.119. The van der Waals surface area contributed by atoms with Gasteiger partial charge in [-0.1, -0.05) is 0 Å². The zero-order chi connectivity index (χ0) is 20.1. The highest BCUT2D eigenvalue weighted by Crippen LogP contribution is 2.26. The Balaban J connectivity index is 1.52. The second-order valence-corrected chi connectivity index (χ2v) is 7.19. The third kappa shape index (κ3) is 5.30. The Hall–Kier alpha value is -2.92. The van der Waals surface area contributed by atoms with E-state index in [1.165, 1.54) is 24.3 Å². The van der Waals surface area contributed by atoms with E-state index in [-0.39, 0.29) is 24.8 Å². The molecule has 3 aromatic rings. The van der Waals surface area contributed by atoms with Gasteiger partial charge in [0.05, 0.1) is 13.1 Å². The van der Waals surface area contributed by atoms with Crippen molar-refractivity contribution in [3.05, 3.63) is 45.8 Å². The molecule has 0 unspecified atom stereocenters. The van der Waals surface area contributed by atoms with E-state index >= 15 is 0 Å². The van der Waals surface area contributed by atoms with Crippen molar-refractivity contribution in [3.8, 4) is 11.5 Å². The highest BCUT2D eigenvalue weighted by molar-refractivity contribution is 9.10. The molecule has 146 valence electrons. The normalized spacial score (nSPS) is 10.5. The molecule has 0 bridgehead atoms. The molecule has 0 aromatic carbocycles. The lowest BCUT2D eigenvalue weighted by atomic mass is 10.3. The molecule has 28 heavy (non-hydrogen) atoms. The number of thiazole rings is 1. The first-order chi connectivity index (χ1) is 13.4. The summed E-state index contributed by atoms with van der Waals surface area (Å²) in [6.45, 7) is 1.48. The van der Waals surface area contributed by atoms with E-state index in [2.05, 4.69) is 36.9 Å². The SMILES string of the molecule is CC(=O)NCc1ccc(-c2csc(NC(=O)CNC(=O)c3ccc(Br)o3)n2)o1. The first kappa shape index (κ1) is 19.8. The van der Waals surface area contributed by atoms with Crippen LogP contribution in [0.5, 0.6) is 0 Å². The zero-order valence-corrected chi connectivity index (χ0v) is 17.0. The lowest BCUT2D eigenvalue weighted by Gasteiger charge is -2.03. The summed E-state index contributed by atoms with van der Waals surface area (Å²) >= 11 is 4.33. The fraction of sp³-hybridized carbons (Fsp3) is 0.176. The van der Waals surface area contributed by atoms with E-state index in [4.69, 9.17) is 8.83 Å². The van der Waals surface area contributed by atoms with Crippen LogP contribution < -0.4 is 16.0 Å². The fourth-order valence-electron chi connectivity index (χ4n) is 2.11. The molecule has 0 aliphatic carbocycles. The van der Waals surface area contributed by atoms with Crippen molar-refractivity contribution in [2.45, 2.75) is 13.5 Å². The van der Waals surface area contributed by atoms with Crippen LogP contribution in [0.4, 0.5) is 5.13 Å². The number of nitrogens with one attached hydrogen (secondary N) is 3. The predicted molar refractivity (Wildman–Crippen MR) is 105 cm³/mol. The topological polar surface area (TPSA) is 126 Å². The number of aromatic nitrogens is 1. The van der Waals surface area contributed by atoms with Crippen molar-refractivity contribution in [3.63, 3.8) is 0 Å². The van der Waals surface area contributed by atoms with Crippen LogP contribution in [0.2, 0.25) is 0 Å². The van der Waals surface area contributed by atoms with Gasteiger partial charge in [0.2, 0.25) is 11.8 Å². The average Bonchev–Trinajstić information content (AvgIpc) is 3.38. The summed E-state index contributed by atoms with van der Waals surface area (Å²) in [7, 11) is 0. The summed E-state index contributed by atoms with van der Waals surface area (Å²) in [6.07, 6.45) is 0. The number of hydrogen-bond acceptors (Lipinski definition) is 7. The van der Waals surface area contributed by atoms with Crippen LogP contribution in [0, 0.1) is 0 Å². The number of furan rings is 2. The Bertz CT molecular complexity index is 1010. The van der Waals surface area contributed by atoms with Crippen LogP contribution in [0.15, 0.2) is 43.1 Å². The second kappa shape index (κ2) is 8.85. The monoisotopic (exact) mass is 466 g/mol. The molecule has 0 atom stereocenters. The molecule has 3 rings (SSSR count). The molecule has 0 radical (unpaired) electrons. The van der Waals surface area contributed by atoms with E-state index < -0.39 is 11.8 Å². The molecule has 0 fully saturated rings. The Morgan fingerprint density at radius 1 is 1.14 bits per heavy atom. The summed E-state index contributed by atoms with van der Waals surface area (Å²) in [5.74, 6) is 0.144. The van der Waals surface area contributed by atoms with E-state index in [1.807, 2.05) is 0 Å². The maximum Gasteiger partial charge on any atom is 0.287 e. The summed E-state index contributed by atoms with van der Waals surface area (Å²) in [4.78, 5) is 39.1. The van der Waals surface area contributed by atoms with Gasteiger partial charge in [-0.25, -0.2) is 4.98 Å². The number of rotatable bonds is 7. The number of carbonyl (C=O) groups excluding carboxylic acids is 3. The van der Waals surface area contributed by atoms with Crippen LogP contribution in [0.3, 0.4) is 0 Å². The smallest absolute Gasteiger partial charge is 0.287 e. The fourth-order valence-corrected chi connectivity index (χ4v) is 3.14. The van der Waals surface area contributed by atoms with Crippen molar-refractivity contribution in [1.82, 2.24) is 15.6 Å². The Kier molecular flexibility index (Phi) is 6.26. The number of amides is 3. The first-order valence-corrected chi connectivity index (χ1v) is 9.70. The zero-order valence-electron chi connectivity index (χ0n) is 14.6. The van der Waals surface area contributed by atoms with Gasteiger partial charge in [0.15, 0.2) is 21.3 Å². The maximum atomic E-state index is 12.0. The minimum atomic E-state index is -0.497. The number of nitrogens with zero attached hydrogens (tertiary/aromatic N) is 1. The van der Waals surface area contributed by atoms with E-state index in [9.17, 15) is 14.4 Å². The molecule has 3 heterocycles. The van der Waals surface area contributed by atoms with Crippen molar-refractivity contribution in [2.75, 3.05) is 11.9 Å². The molecule has 0 saturated heterocycles. The van der Waals surface area contributed by atoms with Crippen molar-refractivity contribution >= 4 is 50.1 Å². The summed E-state index contributed by atoms with van der Waals surface area (Å²) in [5, 5.41) is 9.81. The minimum absolute atomic E-state index is 0.101. The number of hydrogen-bond donors (Lipinski definition) is 3. The van der Waals surface area contributed by atoms with Crippen molar-refractivity contribution in [2.24, 2.45) is 0 Å². The van der Waals surface area contributed by atoms with Crippen LogP contribution in [-0.2, 0) is 16.1 Å². The minimum Gasteiger partial charge on any atom is -0.458 e. The van der Waals surface area contributed by atoms with Gasteiger partial charge in [0.1, 0.15) is 11.5 Å². The summed E-state index contributed by atoms with van der Waals surface area (Å²) < 4.78 is 11.1. The highest BCUT2D eigenvalue weighted by atomic mass is 79.9. The van der Waals surface area contributed by atoms with Crippen molar-refractivity contribution in [1.29, 1.82) is 0 Å². The van der Waals surface area contributed by atoms with Gasteiger partial charge < -0.3 is 24.8 Å². The van der Waals surface area contributed by atoms with Gasteiger partial charge in [-0.3, -0.25) is 14.4 Å². The Morgan fingerprint density at radius 3 is 2.68 bits per heavy atom. The van der Waals surface area contributed by atoms with Gasteiger partial charge in [0, 0.05) is 12.3 Å².